The molecule has 0 aliphatic carbocycles. The van der Waals surface area contributed by atoms with Crippen molar-refractivity contribution in [3.05, 3.63) is 0 Å². The summed E-state index contributed by atoms with van der Waals surface area (Å²) in [7, 11) is -7.39. The molecule has 3 N–H and O–H groups in total. The molecule has 0 rings (SSSR count). The SMILES string of the molecule is O=[PH](CCO)OP(=O)(O)O. The summed E-state index contributed by atoms with van der Waals surface area (Å²) < 4.78 is 24.0. The van der Waals surface area contributed by atoms with Crippen molar-refractivity contribution in [3.8, 4) is 0 Å². The zero-order valence-corrected chi connectivity index (χ0v) is 6.82. The smallest absolute Gasteiger partial charge is 0.396 e. The number of aliphatic hydroxyl groups excluding tert-OH is 1. The lowest BCUT2D eigenvalue weighted by Crippen LogP contribution is -1.87. The lowest BCUT2D eigenvalue weighted by atomic mass is 10.9. The molecule has 0 aliphatic rings. The number of hydrogen-bond acceptors (Lipinski definition) is 4. The van der Waals surface area contributed by atoms with E-state index in [1.54, 1.807) is 0 Å². The molecule has 1 unspecified atom stereocenters. The number of rotatable bonds is 4. The summed E-state index contributed by atoms with van der Waals surface area (Å²) in [5.74, 6) is 0. The van der Waals surface area contributed by atoms with Crippen molar-refractivity contribution in [1.82, 2.24) is 0 Å². The molecule has 0 aromatic carbocycles. The fraction of sp³-hybridized carbons (Fsp3) is 1.00. The predicted octanol–water partition coefficient (Wildman–Crippen LogP) is -0.437. The first-order valence-electron chi connectivity index (χ1n) is 2.34. The lowest BCUT2D eigenvalue weighted by molar-refractivity contribution is 0.283. The second-order valence-electron chi connectivity index (χ2n) is 1.43. The molecule has 62 valence electrons. The molecule has 0 aromatic heterocycles. The summed E-state index contributed by atoms with van der Waals surface area (Å²) >= 11 is 0. The molecule has 0 fully saturated rings. The molecule has 0 spiro atoms. The van der Waals surface area contributed by atoms with E-state index in [2.05, 4.69) is 4.31 Å². The molecule has 8 heteroatoms. The quantitative estimate of drug-likeness (QED) is 0.519. The van der Waals surface area contributed by atoms with Gasteiger partial charge in [-0.2, -0.15) is 0 Å². The Balaban J connectivity index is 3.70. The monoisotopic (exact) mass is 190 g/mol. The van der Waals surface area contributed by atoms with Crippen LogP contribution in [0, 0.1) is 0 Å². The van der Waals surface area contributed by atoms with Crippen molar-refractivity contribution in [3.63, 3.8) is 0 Å². The normalized spacial score (nSPS) is 15.1. The molecule has 1 atom stereocenters. The van der Waals surface area contributed by atoms with Gasteiger partial charge in [0.15, 0.2) is 0 Å². The second-order valence-corrected chi connectivity index (χ2v) is 4.38. The highest BCUT2D eigenvalue weighted by Gasteiger charge is 2.17. The largest absolute Gasteiger partial charge is 0.475 e. The van der Waals surface area contributed by atoms with Crippen LogP contribution in [0.4, 0.5) is 0 Å². The minimum atomic E-state index is -4.63. The van der Waals surface area contributed by atoms with E-state index < -0.39 is 22.5 Å². The molecule has 0 heterocycles. The minimum absolute atomic E-state index is 0.226. The van der Waals surface area contributed by atoms with Crippen molar-refractivity contribution in [1.29, 1.82) is 0 Å². The van der Waals surface area contributed by atoms with E-state index in [1.165, 1.54) is 0 Å². The summed E-state index contributed by atoms with van der Waals surface area (Å²) in [6.45, 7) is -0.405. The van der Waals surface area contributed by atoms with Gasteiger partial charge < -0.3 is 14.9 Å². The van der Waals surface area contributed by atoms with Crippen molar-refractivity contribution < 1.29 is 28.3 Å². The highest BCUT2D eigenvalue weighted by molar-refractivity contribution is 7.57. The van der Waals surface area contributed by atoms with Crippen molar-refractivity contribution in [2.75, 3.05) is 12.8 Å². The van der Waals surface area contributed by atoms with Gasteiger partial charge in [0.05, 0.1) is 6.61 Å². The second kappa shape index (κ2) is 4.23. The summed E-state index contributed by atoms with van der Waals surface area (Å²) in [5, 5.41) is 8.13. The minimum Gasteiger partial charge on any atom is -0.396 e. The topological polar surface area (TPSA) is 104 Å². The first-order chi connectivity index (χ1) is 4.45. The molecular formula is C2H8O6P2. The summed E-state index contributed by atoms with van der Waals surface area (Å²) in [4.78, 5) is 16.1. The Kier molecular flexibility index (Phi) is 4.36. The van der Waals surface area contributed by atoms with Gasteiger partial charge in [0, 0.05) is 6.16 Å². The van der Waals surface area contributed by atoms with Crippen LogP contribution in [0.1, 0.15) is 0 Å². The molecule has 0 aliphatic heterocycles. The van der Waals surface area contributed by atoms with Gasteiger partial charge in [-0.1, -0.05) is 0 Å². The average Bonchev–Trinajstić information content (AvgIpc) is 1.59. The van der Waals surface area contributed by atoms with Gasteiger partial charge in [0.2, 0.25) is 8.03 Å². The summed E-state index contributed by atoms with van der Waals surface area (Å²) in [6.07, 6.45) is -0.226. The van der Waals surface area contributed by atoms with Gasteiger partial charge in [0.1, 0.15) is 0 Å². The molecule has 6 nitrogen and oxygen atoms in total. The maximum Gasteiger partial charge on any atom is 0.475 e. The number of phosphoric acid groups is 1. The first-order valence-corrected chi connectivity index (χ1v) is 5.40. The maximum atomic E-state index is 10.4. The molecule has 10 heavy (non-hydrogen) atoms. The Hall–Kier alpha value is 0.300. The zero-order chi connectivity index (χ0) is 8.20. The third-order valence-corrected chi connectivity index (χ3v) is 2.93. The predicted molar refractivity (Wildman–Crippen MR) is 34.1 cm³/mol. The van der Waals surface area contributed by atoms with Crippen LogP contribution < -0.4 is 0 Å². The number of hydrogen-bond donors (Lipinski definition) is 3. The highest BCUT2D eigenvalue weighted by atomic mass is 31.2. The van der Waals surface area contributed by atoms with Crippen LogP contribution in [0.25, 0.3) is 0 Å². The lowest BCUT2D eigenvalue weighted by Gasteiger charge is -2.02. The highest BCUT2D eigenvalue weighted by Crippen LogP contribution is 2.46. The zero-order valence-electron chi connectivity index (χ0n) is 4.93. The molecule has 0 amide bonds. The van der Waals surface area contributed by atoms with Crippen LogP contribution in [0.2, 0.25) is 0 Å². The Labute approximate surface area is 57.9 Å². The van der Waals surface area contributed by atoms with E-state index in [0.717, 1.165) is 0 Å². The van der Waals surface area contributed by atoms with Gasteiger partial charge in [-0.25, -0.2) is 8.88 Å². The molecular weight excluding hydrogens is 182 g/mol. The van der Waals surface area contributed by atoms with Crippen molar-refractivity contribution in [2.45, 2.75) is 0 Å². The summed E-state index contributed by atoms with van der Waals surface area (Å²) in [5.41, 5.74) is 0. The van der Waals surface area contributed by atoms with Crippen LogP contribution >= 0.6 is 15.9 Å². The third-order valence-electron chi connectivity index (χ3n) is 0.537. The number of aliphatic hydroxyl groups is 1. The van der Waals surface area contributed by atoms with E-state index in [4.69, 9.17) is 14.9 Å². The van der Waals surface area contributed by atoms with Crippen molar-refractivity contribution in [2.24, 2.45) is 0 Å². The van der Waals surface area contributed by atoms with Gasteiger partial charge in [0.25, 0.3) is 0 Å². The van der Waals surface area contributed by atoms with Crippen LogP contribution in [-0.2, 0) is 13.4 Å². The fourth-order valence-corrected chi connectivity index (χ4v) is 1.88. The van der Waals surface area contributed by atoms with Crippen LogP contribution in [-0.4, -0.2) is 27.7 Å². The molecule has 0 saturated carbocycles. The Morgan fingerprint density at radius 2 is 2.00 bits per heavy atom. The third kappa shape index (κ3) is 6.42. The van der Waals surface area contributed by atoms with Gasteiger partial charge in [-0.15, -0.1) is 0 Å². The van der Waals surface area contributed by atoms with E-state index in [0.29, 0.717) is 0 Å². The Morgan fingerprint density at radius 1 is 1.50 bits per heavy atom. The standard InChI is InChI=1S/C2H8O6P2/c3-1-2-9(4)8-10(5,6)7/h3,9H,1-2H2,(H2,5,6,7). The van der Waals surface area contributed by atoms with Crippen LogP contribution in [0.15, 0.2) is 0 Å². The average molecular weight is 190 g/mol. The molecule has 0 radical (unpaired) electrons. The van der Waals surface area contributed by atoms with E-state index in [-0.39, 0.29) is 6.16 Å². The van der Waals surface area contributed by atoms with Crippen LogP contribution in [0.5, 0.6) is 0 Å². The van der Waals surface area contributed by atoms with Gasteiger partial charge >= 0.3 is 7.82 Å². The Morgan fingerprint density at radius 3 is 2.30 bits per heavy atom. The van der Waals surface area contributed by atoms with E-state index >= 15 is 0 Å². The van der Waals surface area contributed by atoms with E-state index in [1.807, 2.05) is 0 Å². The molecule has 0 aromatic rings. The molecule has 0 saturated heterocycles. The maximum absolute atomic E-state index is 10.4. The van der Waals surface area contributed by atoms with Crippen LogP contribution in [0.3, 0.4) is 0 Å². The molecule has 0 bridgehead atoms. The van der Waals surface area contributed by atoms with Gasteiger partial charge in [-0.05, 0) is 0 Å². The first kappa shape index (κ1) is 10.3. The van der Waals surface area contributed by atoms with E-state index in [9.17, 15) is 9.13 Å². The summed E-state index contributed by atoms with van der Waals surface area (Å²) in [6, 6.07) is 0. The van der Waals surface area contributed by atoms with Crippen molar-refractivity contribution >= 4 is 15.9 Å². The Bertz CT molecular complexity index is 159. The van der Waals surface area contributed by atoms with Gasteiger partial charge in [-0.3, -0.25) is 4.57 Å². The fourth-order valence-electron chi connectivity index (χ4n) is 0.270.